The van der Waals surface area contributed by atoms with Crippen LogP contribution in [-0.2, 0) is 6.42 Å². The number of nitrogens with one attached hydrogen (secondary N) is 1. The largest absolute Gasteiger partial charge is 0.488 e. The standard InChI is InChI=1S/C15H13ClN4O/c16-11-5-6-14-18-15(19-20(14)9-11)17-8-12-7-10-3-1-2-4-13(10)21-12/h1-6,9,12H,7-8H2,(H,17,19). The lowest BCUT2D eigenvalue weighted by Gasteiger charge is -2.10. The number of rotatable bonds is 3. The van der Waals surface area contributed by atoms with Crippen molar-refractivity contribution in [3.63, 3.8) is 0 Å². The Bertz CT molecular complexity index is 776. The van der Waals surface area contributed by atoms with Gasteiger partial charge in [-0.2, -0.15) is 4.98 Å². The molecule has 106 valence electrons. The third-order valence-electron chi connectivity index (χ3n) is 3.50. The summed E-state index contributed by atoms with van der Waals surface area (Å²) in [7, 11) is 0. The second-order valence-electron chi connectivity index (χ2n) is 5.02. The predicted octanol–water partition coefficient (Wildman–Crippen LogP) is 2.80. The van der Waals surface area contributed by atoms with Gasteiger partial charge in [-0.3, -0.25) is 0 Å². The predicted molar refractivity (Wildman–Crippen MR) is 81.0 cm³/mol. The molecular formula is C15H13ClN4O. The summed E-state index contributed by atoms with van der Waals surface area (Å²) in [4.78, 5) is 4.39. The van der Waals surface area contributed by atoms with Gasteiger partial charge in [-0.1, -0.05) is 29.8 Å². The van der Waals surface area contributed by atoms with Crippen molar-refractivity contribution in [2.24, 2.45) is 0 Å². The first-order valence-electron chi connectivity index (χ1n) is 6.78. The van der Waals surface area contributed by atoms with Crippen LogP contribution in [0.1, 0.15) is 5.56 Å². The minimum atomic E-state index is 0.109. The van der Waals surface area contributed by atoms with Crippen molar-refractivity contribution in [1.82, 2.24) is 14.6 Å². The number of hydrogen-bond acceptors (Lipinski definition) is 4. The Labute approximate surface area is 126 Å². The molecule has 0 fully saturated rings. The highest BCUT2D eigenvalue weighted by Crippen LogP contribution is 2.28. The second kappa shape index (κ2) is 4.93. The molecule has 3 aromatic rings. The van der Waals surface area contributed by atoms with Gasteiger partial charge in [-0.25, -0.2) is 4.52 Å². The molecule has 0 amide bonds. The Morgan fingerprint density at radius 2 is 2.19 bits per heavy atom. The number of nitrogens with zero attached hydrogens (tertiary/aromatic N) is 3. The van der Waals surface area contributed by atoms with Crippen LogP contribution in [0.3, 0.4) is 0 Å². The topological polar surface area (TPSA) is 51.5 Å². The van der Waals surface area contributed by atoms with Crippen molar-refractivity contribution < 1.29 is 4.74 Å². The van der Waals surface area contributed by atoms with Gasteiger partial charge in [0.15, 0.2) is 5.65 Å². The lowest BCUT2D eigenvalue weighted by atomic mass is 10.1. The molecule has 6 heteroatoms. The molecule has 0 radical (unpaired) electrons. The zero-order valence-electron chi connectivity index (χ0n) is 11.2. The van der Waals surface area contributed by atoms with Crippen LogP contribution < -0.4 is 10.1 Å². The van der Waals surface area contributed by atoms with Crippen molar-refractivity contribution in [2.45, 2.75) is 12.5 Å². The molecule has 1 unspecified atom stereocenters. The summed E-state index contributed by atoms with van der Waals surface area (Å²) < 4.78 is 7.54. The molecule has 0 bridgehead atoms. The van der Waals surface area contributed by atoms with E-state index < -0.39 is 0 Å². The Balaban J connectivity index is 1.45. The fourth-order valence-corrected chi connectivity index (χ4v) is 2.66. The lowest BCUT2D eigenvalue weighted by molar-refractivity contribution is 0.246. The van der Waals surface area contributed by atoms with E-state index in [4.69, 9.17) is 16.3 Å². The lowest BCUT2D eigenvalue weighted by Crippen LogP contribution is -2.24. The fraction of sp³-hybridized carbons (Fsp3) is 0.200. The maximum atomic E-state index is 5.93. The maximum absolute atomic E-state index is 5.93. The first kappa shape index (κ1) is 12.5. The number of para-hydroxylation sites is 1. The zero-order valence-corrected chi connectivity index (χ0v) is 11.9. The highest BCUT2D eigenvalue weighted by atomic mass is 35.5. The molecule has 1 aliphatic rings. The number of aromatic nitrogens is 3. The minimum Gasteiger partial charge on any atom is -0.488 e. The van der Waals surface area contributed by atoms with Gasteiger partial charge in [0.25, 0.3) is 0 Å². The van der Waals surface area contributed by atoms with E-state index >= 15 is 0 Å². The SMILES string of the molecule is Clc1ccc2nc(NCC3Cc4ccccc4O3)nn2c1. The summed E-state index contributed by atoms with van der Waals surface area (Å²) in [5, 5.41) is 8.19. The molecule has 0 saturated heterocycles. The second-order valence-corrected chi connectivity index (χ2v) is 5.45. The van der Waals surface area contributed by atoms with Crippen LogP contribution in [0.2, 0.25) is 5.02 Å². The van der Waals surface area contributed by atoms with E-state index in [9.17, 15) is 0 Å². The van der Waals surface area contributed by atoms with Crippen molar-refractivity contribution >= 4 is 23.2 Å². The molecule has 3 heterocycles. The summed E-state index contributed by atoms with van der Waals surface area (Å²) >= 11 is 5.93. The van der Waals surface area contributed by atoms with Gasteiger partial charge in [0.1, 0.15) is 11.9 Å². The van der Waals surface area contributed by atoms with Gasteiger partial charge in [0.05, 0.1) is 11.6 Å². The molecule has 1 aliphatic heterocycles. The van der Waals surface area contributed by atoms with E-state index in [1.165, 1.54) is 5.56 Å². The summed E-state index contributed by atoms with van der Waals surface area (Å²) in [5.74, 6) is 1.55. The number of halogens is 1. The first-order valence-corrected chi connectivity index (χ1v) is 7.16. The average molecular weight is 301 g/mol. The molecule has 4 rings (SSSR count). The van der Waals surface area contributed by atoms with Gasteiger partial charge >= 0.3 is 0 Å². The number of hydrogen-bond donors (Lipinski definition) is 1. The smallest absolute Gasteiger partial charge is 0.243 e. The first-order chi connectivity index (χ1) is 10.3. The highest BCUT2D eigenvalue weighted by Gasteiger charge is 2.22. The molecule has 21 heavy (non-hydrogen) atoms. The fourth-order valence-electron chi connectivity index (χ4n) is 2.51. The van der Waals surface area contributed by atoms with E-state index in [2.05, 4.69) is 21.5 Å². The molecule has 1 atom stereocenters. The van der Waals surface area contributed by atoms with Gasteiger partial charge in [-0.15, -0.1) is 5.10 Å². The molecule has 0 spiro atoms. The van der Waals surface area contributed by atoms with E-state index in [0.29, 0.717) is 17.5 Å². The van der Waals surface area contributed by atoms with Gasteiger partial charge in [0, 0.05) is 12.6 Å². The van der Waals surface area contributed by atoms with Crippen LogP contribution in [0.4, 0.5) is 5.95 Å². The van der Waals surface area contributed by atoms with E-state index in [0.717, 1.165) is 17.8 Å². The Hall–Kier alpha value is -2.27. The number of fused-ring (bicyclic) bond motifs is 2. The van der Waals surface area contributed by atoms with Crippen LogP contribution in [0, 0.1) is 0 Å². The maximum Gasteiger partial charge on any atom is 0.243 e. The average Bonchev–Trinajstić information content (AvgIpc) is 3.07. The van der Waals surface area contributed by atoms with Gasteiger partial charge in [0.2, 0.25) is 5.95 Å². The minimum absolute atomic E-state index is 0.109. The van der Waals surface area contributed by atoms with E-state index in [1.807, 2.05) is 24.3 Å². The Kier molecular flexibility index (Phi) is 2.93. The number of benzene rings is 1. The van der Waals surface area contributed by atoms with Crippen molar-refractivity contribution in [1.29, 1.82) is 0 Å². The summed E-state index contributed by atoms with van der Waals surface area (Å²) in [5.41, 5.74) is 2.01. The third kappa shape index (κ3) is 2.40. The van der Waals surface area contributed by atoms with Crippen molar-refractivity contribution in [3.05, 3.63) is 53.2 Å². The van der Waals surface area contributed by atoms with Gasteiger partial charge in [-0.05, 0) is 23.8 Å². The normalized spacial score (nSPS) is 16.7. The van der Waals surface area contributed by atoms with Crippen LogP contribution in [-0.4, -0.2) is 27.2 Å². The zero-order chi connectivity index (χ0) is 14.2. The molecule has 2 aromatic heterocycles. The molecule has 1 N–H and O–H groups in total. The van der Waals surface area contributed by atoms with Crippen molar-refractivity contribution in [2.75, 3.05) is 11.9 Å². The summed E-state index contributed by atoms with van der Waals surface area (Å²) in [6.45, 7) is 0.666. The number of ether oxygens (including phenoxy) is 1. The molecule has 1 aromatic carbocycles. The monoisotopic (exact) mass is 300 g/mol. The van der Waals surface area contributed by atoms with Crippen LogP contribution in [0.5, 0.6) is 5.75 Å². The van der Waals surface area contributed by atoms with Crippen LogP contribution in [0.25, 0.3) is 5.65 Å². The van der Waals surface area contributed by atoms with E-state index in [1.54, 1.807) is 16.8 Å². The number of anilines is 1. The molecule has 0 saturated carbocycles. The van der Waals surface area contributed by atoms with Crippen LogP contribution in [0.15, 0.2) is 42.6 Å². The Morgan fingerprint density at radius 3 is 3.10 bits per heavy atom. The molecule has 5 nitrogen and oxygen atoms in total. The van der Waals surface area contributed by atoms with Crippen molar-refractivity contribution in [3.8, 4) is 5.75 Å². The van der Waals surface area contributed by atoms with Gasteiger partial charge < -0.3 is 10.1 Å². The summed E-state index contributed by atoms with van der Waals surface area (Å²) in [6, 6.07) is 11.8. The summed E-state index contributed by atoms with van der Waals surface area (Å²) in [6.07, 6.45) is 2.75. The Morgan fingerprint density at radius 1 is 1.29 bits per heavy atom. The van der Waals surface area contributed by atoms with Crippen LogP contribution >= 0.6 is 11.6 Å². The molecular weight excluding hydrogens is 288 g/mol. The van der Waals surface area contributed by atoms with E-state index in [-0.39, 0.29) is 6.10 Å². The molecule has 0 aliphatic carbocycles. The third-order valence-corrected chi connectivity index (χ3v) is 3.72. The quantitative estimate of drug-likeness (QED) is 0.808. The number of pyridine rings is 1. The highest BCUT2D eigenvalue weighted by molar-refractivity contribution is 6.30.